The predicted molar refractivity (Wildman–Crippen MR) is 82.2 cm³/mol. The average molecular weight is 299 g/mol. The Hall–Kier alpha value is -1.07. The third-order valence-corrected chi connectivity index (χ3v) is 4.19. The SMILES string of the molecule is CCNc1ncc(Cl)c(NCC2CCCCC2CO)n1. The summed E-state index contributed by atoms with van der Waals surface area (Å²) >= 11 is 6.12. The third-order valence-electron chi connectivity index (χ3n) is 3.91. The molecule has 1 saturated carbocycles. The molecule has 1 aliphatic carbocycles. The minimum atomic E-state index is 0.270. The van der Waals surface area contributed by atoms with E-state index < -0.39 is 0 Å². The largest absolute Gasteiger partial charge is 0.396 e. The summed E-state index contributed by atoms with van der Waals surface area (Å²) in [5, 5.41) is 16.4. The van der Waals surface area contributed by atoms with E-state index in [4.69, 9.17) is 11.6 Å². The van der Waals surface area contributed by atoms with Crippen molar-refractivity contribution in [2.24, 2.45) is 11.8 Å². The van der Waals surface area contributed by atoms with Crippen LogP contribution in [0.4, 0.5) is 11.8 Å². The highest BCUT2D eigenvalue weighted by molar-refractivity contribution is 6.32. The van der Waals surface area contributed by atoms with Gasteiger partial charge in [-0.1, -0.05) is 24.4 Å². The molecule has 3 N–H and O–H groups in total. The first-order valence-corrected chi connectivity index (χ1v) is 7.73. The van der Waals surface area contributed by atoms with Gasteiger partial charge in [0, 0.05) is 19.7 Å². The van der Waals surface area contributed by atoms with Gasteiger partial charge in [-0.15, -0.1) is 0 Å². The predicted octanol–water partition coefficient (Wildman–Crippen LogP) is 2.77. The molecule has 5 nitrogen and oxygen atoms in total. The highest BCUT2D eigenvalue weighted by Crippen LogP contribution is 2.30. The van der Waals surface area contributed by atoms with Crippen LogP contribution in [0.15, 0.2) is 6.20 Å². The molecule has 1 heterocycles. The summed E-state index contributed by atoms with van der Waals surface area (Å²) in [6.07, 6.45) is 6.34. The van der Waals surface area contributed by atoms with E-state index in [0.29, 0.717) is 28.6 Å². The Morgan fingerprint density at radius 3 is 2.75 bits per heavy atom. The standard InChI is InChI=1S/C14H23ClN4O/c1-2-16-14-18-8-12(15)13(19-14)17-7-10-5-3-4-6-11(10)9-20/h8,10-11,20H,2-7,9H2,1H3,(H2,16,17,18,19). The summed E-state index contributed by atoms with van der Waals surface area (Å²) in [6, 6.07) is 0. The molecule has 0 amide bonds. The minimum absolute atomic E-state index is 0.270. The van der Waals surface area contributed by atoms with Gasteiger partial charge in [0.2, 0.25) is 5.95 Å². The Morgan fingerprint density at radius 1 is 1.30 bits per heavy atom. The van der Waals surface area contributed by atoms with E-state index in [0.717, 1.165) is 25.9 Å². The van der Waals surface area contributed by atoms with Crippen LogP contribution in [0.1, 0.15) is 32.6 Å². The first kappa shape index (κ1) is 15.3. The van der Waals surface area contributed by atoms with Gasteiger partial charge < -0.3 is 15.7 Å². The fraction of sp³-hybridized carbons (Fsp3) is 0.714. The molecule has 1 fully saturated rings. The zero-order chi connectivity index (χ0) is 14.4. The molecule has 2 unspecified atom stereocenters. The molecule has 112 valence electrons. The first-order valence-electron chi connectivity index (χ1n) is 7.35. The second kappa shape index (κ2) is 7.64. The van der Waals surface area contributed by atoms with Gasteiger partial charge in [0.1, 0.15) is 10.8 Å². The number of halogens is 1. The minimum Gasteiger partial charge on any atom is -0.396 e. The van der Waals surface area contributed by atoms with Crippen molar-refractivity contribution in [2.75, 3.05) is 30.3 Å². The van der Waals surface area contributed by atoms with Crippen LogP contribution in [0.3, 0.4) is 0 Å². The lowest BCUT2D eigenvalue weighted by atomic mass is 9.79. The topological polar surface area (TPSA) is 70.1 Å². The molecule has 6 heteroatoms. The van der Waals surface area contributed by atoms with Crippen molar-refractivity contribution < 1.29 is 5.11 Å². The van der Waals surface area contributed by atoms with Crippen LogP contribution < -0.4 is 10.6 Å². The smallest absolute Gasteiger partial charge is 0.224 e. The summed E-state index contributed by atoms with van der Waals surface area (Å²) in [5.74, 6) is 2.13. The highest BCUT2D eigenvalue weighted by Gasteiger charge is 2.24. The molecule has 0 saturated heterocycles. The van der Waals surface area contributed by atoms with Crippen LogP contribution in [0.25, 0.3) is 0 Å². The number of aliphatic hydroxyl groups is 1. The summed E-state index contributed by atoms with van der Waals surface area (Å²) in [6.45, 7) is 3.84. The third kappa shape index (κ3) is 3.96. The van der Waals surface area contributed by atoms with Crippen molar-refractivity contribution >= 4 is 23.4 Å². The number of aliphatic hydroxyl groups excluding tert-OH is 1. The first-order chi connectivity index (χ1) is 9.74. The summed E-state index contributed by atoms with van der Waals surface area (Å²) in [5.41, 5.74) is 0. The lowest BCUT2D eigenvalue weighted by molar-refractivity contribution is 0.141. The van der Waals surface area contributed by atoms with E-state index in [1.165, 1.54) is 12.8 Å². The Kier molecular flexibility index (Phi) is 5.86. The van der Waals surface area contributed by atoms with Crippen molar-refractivity contribution in [2.45, 2.75) is 32.6 Å². The van der Waals surface area contributed by atoms with Gasteiger partial charge in [0.15, 0.2) is 0 Å². The molecule has 0 aliphatic heterocycles. The van der Waals surface area contributed by atoms with E-state index in [1.807, 2.05) is 6.92 Å². The molecular weight excluding hydrogens is 276 g/mol. The van der Waals surface area contributed by atoms with Gasteiger partial charge in [-0.25, -0.2) is 4.98 Å². The molecule has 0 radical (unpaired) electrons. The fourth-order valence-electron chi connectivity index (χ4n) is 2.76. The molecule has 1 aromatic rings. The molecule has 0 spiro atoms. The van der Waals surface area contributed by atoms with Crippen LogP contribution in [0, 0.1) is 11.8 Å². The molecule has 2 rings (SSSR count). The summed E-state index contributed by atoms with van der Waals surface area (Å²) in [4.78, 5) is 8.49. The Balaban J connectivity index is 1.96. The summed E-state index contributed by atoms with van der Waals surface area (Å²) in [7, 11) is 0. The Bertz CT molecular complexity index is 430. The number of anilines is 2. The molecule has 2 atom stereocenters. The fourth-order valence-corrected chi connectivity index (χ4v) is 2.91. The van der Waals surface area contributed by atoms with E-state index in [2.05, 4.69) is 20.6 Å². The van der Waals surface area contributed by atoms with E-state index in [-0.39, 0.29) is 6.61 Å². The van der Waals surface area contributed by atoms with Crippen molar-refractivity contribution in [1.82, 2.24) is 9.97 Å². The van der Waals surface area contributed by atoms with Crippen molar-refractivity contribution in [3.05, 3.63) is 11.2 Å². The van der Waals surface area contributed by atoms with Crippen LogP contribution in [0.5, 0.6) is 0 Å². The summed E-state index contributed by atoms with van der Waals surface area (Å²) < 4.78 is 0. The van der Waals surface area contributed by atoms with Gasteiger partial charge >= 0.3 is 0 Å². The monoisotopic (exact) mass is 298 g/mol. The number of aromatic nitrogens is 2. The molecule has 0 bridgehead atoms. The van der Waals surface area contributed by atoms with Crippen molar-refractivity contribution in [3.8, 4) is 0 Å². The van der Waals surface area contributed by atoms with E-state index >= 15 is 0 Å². The van der Waals surface area contributed by atoms with Gasteiger partial charge in [-0.05, 0) is 31.6 Å². The lowest BCUT2D eigenvalue weighted by Gasteiger charge is -2.30. The number of hydrogen-bond acceptors (Lipinski definition) is 5. The normalized spacial score (nSPS) is 22.6. The maximum atomic E-state index is 9.44. The number of rotatable bonds is 6. The average Bonchev–Trinajstić information content (AvgIpc) is 2.48. The molecule has 0 aromatic carbocycles. The molecule has 1 aromatic heterocycles. The van der Waals surface area contributed by atoms with Crippen molar-refractivity contribution in [3.63, 3.8) is 0 Å². The molecular formula is C14H23ClN4O. The number of hydrogen-bond donors (Lipinski definition) is 3. The second-order valence-electron chi connectivity index (χ2n) is 5.29. The van der Waals surface area contributed by atoms with E-state index in [1.54, 1.807) is 6.20 Å². The Labute approximate surface area is 125 Å². The van der Waals surface area contributed by atoms with Crippen LogP contribution >= 0.6 is 11.6 Å². The maximum Gasteiger partial charge on any atom is 0.224 e. The molecule has 1 aliphatic rings. The van der Waals surface area contributed by atoms with Gasteiger partial charge in [0.05, 0.1) is 6.20 Å². The number of nitrogens with one attached hydrogen (secondary N) is 2. The van der Waals surface area contributed by atoms with Gasteiger partial charge in [-0.2, -0.15) is 4.98 Å². The van der Waals surface area contributed by atoms with E-state index in [9.17, 15) is 5.11 Å². The highest BCUT2D eigenvalue weighted by atomic mass is 35.5. The second-order valence-corrected chi connectivity index (χ2v) is 5.70. The Morgan fingerprint density at radius 2 is 2.05 bits per heavy atom. The zero-order valence-electron chi connectivity index (χ0n) is 11.9. The van der Waals surface area contributed by atoms with Crippen molar-refractivity contribution in [1.29, 1.82) is 0 Å². The maximum absolute atomic E-state index is 9.44. The van der Waals surface area contributed by atoms with Gasteiger partial charge in [0.25, 0.3) is 0 Å². The molecule has 20 heavy (non-hydrogen) atoms. The zero-order valence-corrected chi connectivity index (χ0v) is 12.7. The van der Waals surface area contributed by atoms with Crippen LogP contribution in [0.2, 0.25) is 5.02 Å². The number of nitrogens with zero attached hydrogens (tertiary/aromatic N) is 2. The quantitative estimate of drug-likeness (QED) is 0.753. The van der Waals surface area contributed by atoms with Crippen LogP contribution in [-0.4, -0.2) is 34.8 Å². The lowest BCUT2D eigenvalue weighted by Crippen LogP contribution is -2.29. The van der Waals surface area contributed by atoms with Crippen LogP contribution in [-0.2, 0) is 0 Å². The van der Waals surface area contributed by atoms with Gasteiger partial charge in [-0.3, -0.25) is 0 Å².